The number of alkyl halides is 3. The fourth-order valence-corrected chi connectivity index (χ4v) is 2.98. The minimum atomic E-state index is -4.39. The number of hydrogen-bond donors (Lipinski definition) is 0. The van der Waals surface area contributed by atoms with Crippen molar-refractivity contribution in [2.45, 2.75) is 45.4 Å². The number of nitrogens with zero attached hydrogens (tertiary/aromatic N) is 1. The van der Waals surface area contributed by atoms with Gasteiger partial charge in [0.2, 0.25) is 5.91 Å². The smallest absolute Gasteiger partial charge is 0.378 e. The quantitative estimate of drug-likeness (QED) is 0.815. The Morgan fingerprint density at radius 1 is 1.29 bits per heavy atom. The standard InChI is InChI=1S/C18H24F3NO2/c1-13-3-5-15(6-4-13)7-9-22(12-18(19,20)21)17(23)16-8-10-24-14(2)11-16/h3-6,14,16H,7-12H2,1-2H3/t14-,16+/m0/s1. The molecule has 3 nitrogen and oxygen atoms in total. The first-order chi connectivity index (χ1) is 11.2. The van der Waals surface area contributed by atoms with E-state index in [4.69, 9.17) is 4.74 Å². The maximum atomic E-state index is 12.9. The van der Waals surface area contributed by atoms with Crippen molar-refractivity contribution < 1.29 is 22.7 Å². The monoisotopic (exact) mass is 343 g/mol. The summed E-state index contributed by atoms with van der Waals surface area (Å²) in [5, 5.41) is 0. The van der Waals surface area contributed by atoms with Crippen molar-refractivity contribution >= 4 is 5.91 Å². The molecule has 6 heteroatoms. The highest BCUT2D eigenvalue weighted by molar-refractivity contribution is 5.79. The van der Waals surface area contributed by atoms with Crippen LogP contribution in [-0.2, 0) is 16.0 Å². The Bertz CT molecular complexity index is 542. The molecule has 1 amide bonds. The summed E-state index contributed by atoms with van der Waals surface area (Å²) in [7, 11) is 0. The van der Waals surface area contributed by atoms with Crippen LogP contribution in [-0.4, -0.2) is 42.8 Å². The molecule has 0 aliphatic carbocycles. The van der Waals surface area contributed by atoms with E-state index < -0.39 is 18.6 Å². The highest BCUT2D eigenvalue weighted by atomic mass is 19.4. The Hall–Kier alpha value is -1.56. The van der Waals surface area contributed by atoms with Gasteiger partial charge in [-0.3, -0.25) is 4.79 Å². The van der Waals surface area contributed by atoms with Gasteiger partial charge in [0, 0.05) is 19.1 Å². The van der Waals surface area contributed by atoms with E-state index in [2.05, 4.69) is 0 Å². The zero-order valence-electron chi connectivity index (χ0n) is 14.1. The van der Waals surface area contributed by atoms with Gasteiger partial charge >= 0.3 is 6.18 Å². The van der Waals surface area contributed by atoms with Crippen LogP contribution in [0.2, 0.25) is 0 Å². The summed E-state index contributed by atoms with van der Waals surface area (Å²) >= 11 is 0. The van der Waals surface area contributed by atoms with Crippen molar-refractivity contribution in [3.8, 4) is 0 Å². The molecular weight excluding hydrogens is 319 g/mol. The first kappa shape index (κ1) is 18.8. The van der Waals surface area contributed by atoms with Crippen LogP contribution in [0.4, 0.5) is 13.2 Å². The molecule has 1 saturated heterocycles. The van der Waals surface area contributed by atoms with Gasteiger partial charge in [-0.1, -0.05) is 29.8 Å². The molecule has 0 N–H and O–H groups in total. The van der Waals surface area contributed by atoms with Crippen LogP contribution in [0.3, 0.4) is 0 Å². The predicted molar refractivity (Wildman–Crippen MR) is 85.7 cm³/mol. The number of carbonyl (C=O) groups excluding carboxylic acids is 1. The van der Waals surface area contributed by atoms with E-state index in [-0.39, 0.29) is 18.6 Å². The normalized spacial score (nSPS) is 21.5. The Kier molecular flexibility index (Phi) is 6.27. The number of aryl methyl sites for hydroxylation is 1. The molecule has 1 aromatic carbocycles. The lowest BCUT2D eigenvalue weighted by atomic mass is 9.94. The third-order valence-electron chi connectivity index (χ3n) is 4.31. The van der Waals surface area contributed by atoms with Crippen molar-refractivity contribution in [1.82, 2.24) is 4.90 Å². The van der Waals surface area contributed by atoms with E-state index >= 15 is 0 Å². The van der Waals surface area contributed by atoms with E-state index in [9.17, 15) is 18.0 Å². The molecule has 0 unspecified atom stereocenters. The van der Waals surface area contributed by atoms with Gasteiger partial charge in [-0.05, 0) is 38.7 Å². The largest absolute Gasteiger partial charge is 0.406 e. The molecule has 2 atom stereocenters. The topological polar surface area (TPSA) is 29.5 Å². The van der Waals surface area contributed by atoms with E-state index in [1.165, 1.54) is 0 Å². The van der Waals surface area contributed by atoms with Gasteiger partial charge in [0.25, 0.3) is 0 Å². The van der Waals surface area contributed by atoms with Gasteiger partial charge in [0.05, 0.1) is 6.10 Å². The van der Waals surface area contributed by atoms with Gasteiger partial charge in [-0.2, -0.15) is 13.2 Å². The van der Waals surface area contributed by atoms with Crippen LogP contribution in [0.25, 0.3) is 0 Å². The van der Waals surface area contributed by atoms with Gasteiger partial charge in [0.1, 0.15) is 6.54 Å². The number of hydrogen-bond acceptors (Lipinski definition) is 2. The summed E-state index contributed by atoms with van der Waals surface area (Å²) in [6, 6.07) is 7.63. The Morgan fingerprint density at radius 3 is 2.54 bits per heavy atom. The summed E-state index contributed by atoms with van der Waals surface area (Å²) in [5.74, 6) is -0.788. The summed E-state index contributed by atoms with van der Waals surface area (Å²) in [6.07, 6.45) is -3.09. The lowest BCUT2D eigenvalue weighted by molar-refractivity contribution is -0.166. The molecule has 134 valence electrons. The lowest BCUT2D eigenvalue weighted by Crippen LogP contribution is -2.45. The second kappa shape index (κ2) is 8.01. The summed E-state index contributed by atoms with van der Waals surface area (Å²) < 4.78 is 44.0. The number of halogens is 3. The average Bonchev–Trinajstić information content (AvgIpc) is 2.51. The highest BCUT2D eigenvalue weighted by Gasteiger charge is 2.36. The minimum Gasteiger partial charge on any atom is -0.378 e. The first-order valence-corrected chi connectivity index (χ1v) is 8.27. The van der Waals surface area contributed by atoms with Crippen molar-refractivity contribution in [2.24, 2.45) is 5.92 Å². The number of carbonyl (C=O) groups is 1. The molecule has 0 spiro atoms. The minimum absolute atomic E-state index is 0.0765. The van der Waals surface area contributed by atoms with Crippen LogP contribution >= 0.6 is 0 Å². The summed E-state index contributed by atoms with van der Waals surface area (Å²) in [6.45, 7) is 3.11. The molecule has 1 aromatic rings. The molecule has 1 aliphatic heterocycles. The van der Waals surface area contributed by atoms with E-state index in [1.807, 2.05) is 38.1 Å². The average molecular weight is 343 g/mol. The fraction of sp³-hybridized carbons (Fsp3) is 0.611. The molecular formula is C18H24F3NO2. The second-order valence-corrected chi connectivity index (χ2v) is 6.51. The maximum Gasteiger partial charge on any atom is 0.406 e. The Morgan fingerprint density at radius 2 is 1.96 bits per heavy atom. The summed E-state index contributed by atoms with van der Waals surface area (Å²) in [4.78, 5) is 13.5. The fourth-order valence-electron chi connectivity index (χ4n) is 2.98. The van der Waals surface area contributed by atoms with Crippen molar-refractivity contribution in [3.05, 3.63) is 35.4 Å². The third kappa shape index (κ3) is 5.82. The SMILES string of the molecule is Cc1ccc(CCN(CC(F)(F)F)C(=O)[C@@H]2CCO[C@@H](C)C2)cc1. The van der Waals surface area contributed by atoms with Crippen LogP contribution in [0, 0.1) is 12.8 Å². The third-order valence-corrected chi connectivity index (χ3v) is 4.31. The highest BCUT2D eigenvalue weighted by Crippen LogP contribution is 2.25. The van der Waals surface area contributed by atoms with Crippen molar-refractivity contribution in [1.29, 1.82) is 0 Å². The molecule has 0 bridgehead atoms. The Labute approximate surface area is 140 Å². The number of rotatable bonds is 5. The molecule has 1 heterocycles. The van der Waals surface area contributed by atoms with Crippen LogP contribution in [0.15, 0.2) is 24.3 Å². The zero-order chi connectivity index (χ0) is 17.7. The Balaban J connectivity index is 2.03. The van der Waals surface area contributed by atoms with Crippen LogP contribution in [0.1, 0.15) is 30.9 Å². The summed E-state index contributed by atoms with van der Waals surface area (Å²) in [5.41, 5.74) is 2.03. The molecule has 2 rings (SSSR count). The predicted octanol–water partition coefficient (Wildman–Crippen LogP) is 3.74. The van der Waals surface area contributed by atoms with E-state index in [1.54, 1.807) is 0 Å². The molecule has 1 aliphatic rings. The molecule has 0 saturated carbocycles. The number of benzene rings is 1. The van der Waals surface area contributed by atoms with Gasteiger partial charge in [-0.25, -0.2) is 0 Å². The van der Waals surface area contributed by atoms with E-state index in [0.717, 1.165) is 16.0 Å². The molecule has 0 aromatic heterocycles. The maximum absolute atomic E-state index is 12.9. The zero-order valence-corrected chi connectivity index (χ0v) is 14.1. The molecule has 0 radical (unpaired) electrons. The second-order valence-electron chi connectivity index (χ2n) is 6.51. The van der Waals surface area contributed by atoms with Gasteiger partial charge in [-0.15, -0.1) is 0 Å². The van der Waals surface area contributed by atoms with Gasteiger partial charge < -0.3 is 9.64 Å². The number of ether oxygens (including phenoxy) is 1. The molecule has 1 fully saturated rings. The molecule has 24 heavy (non-hydrogen) atoms. The first-order valence-electron chi connectivity index (χ1n) is 8.27. The van der Waals surface area contributed by atoms with Crippen molar-refractivity contribution in [3.63, 3.8) is 0 Å². The van der Waals surface area contributed by atoms with Crippen LogP contribution < -0.4 is 0 Å². The lowest BCUT2D eigenvalue weighted by Gasteiger charge is -2.32. The van der Waals surface area contributed by atoms with Crippen LogP contribution in [0.5, 0.6) is 0 Å². The van der Waals surface area contributed by atoms with Crippen molar-refractivity contribution in [2.75, 3.05) is 19.7 Å². The number of amides is 1. The van der Waals surface area contributed by atoms with E-state index in [0.29, 0.717) is 25.9 Å². The van der Waals surface area contributed by atoms with Gasteiger partial charge in [0.15, 0.2) is 0 Å².